The van der Waals surface area contributed by atoms with Gasteiger partial charge in [-0.25, -0.2) is 9.97 Å². The first kappa shape index (κ1) is 16.0. The number of rotatable bonds is 3. The molecule has 0 radical (unpaired) electrons. The van der Waals surface area contributed by atoms with Gasteiger partial charge in [0.2, 0.25) is 0 Å². The molecule has 3 heterocycles. The molecule has 0 unspecified atom stereocenters. The molecule has 3 aromatic heterocycles. The van der Waals surface area contributed by atoms with Crippen molar-refractivity contribution in [1.29, 1.82) is 0 Å². The molecule has 1 aliphatic carbocycles. The Hall–Kier alpha value is -3.20. The molecule has 136 valence electrons. The molecule has 0 spiro atoms. The van der Waals surface area contributed by atoms with E-state index in [4.69, 9.17) is 0 Å². The summed E-state index contributed by atoms with van der Waals surface area (Å²) in [4.78, 5) is 37.6. The van der Waals surface area contributed by atoms with Gasteiger partial charge in [-0.3, -0.25) is 9.59 Å². The SMILES string of the molecule is O=C(O)[C@@H]1CCc2[nH]c3ncnc(Nc4ccc5[nH]c(=O)sc5c4)c3c2C1. The number of benzene rings is 1. The molecule has 4 N–H and O–H groups in total. The Kier molecular flexibility index (Phi) is 3.51. The lowest BCUT2D eigenvalue weighted by Gasteiger charge is -2.19. The van der Waals surface area contributed by atoms with E-state index in [1.54, 1.807) is 0 Å². The number of hydrogen-bond donors (Lipinski definition) is 4. The van der Waals surface area contributed by atoms with Crippen LogP contribution in [-0.2, 0) is 17.6 Å². The maximum atomic E-state index is 11.5. The molecule has 4 aromatic rings. The fourth-order valence-corrected chi connectivity index (χ4v) is 4.48. The minimum atomic E-state index is -0.769. The summed E-state index contributed by atoms with van der Waals surface area (Å²) in [6.07, 6.45) is 3.25. The molecule has 5 rings (SSSR count). The van der Waals surface area contributed by atoms with Crippen molar-refractivity contribution >= 4 is 50.1 Å². The number of nitrogens with one attached hydrogen (secondary N) is 3. The average molecular weight is 381 g/mol. The van der Waals surface area contributed by atoms with E-state index >= 15 is 0 Å². The lowest BCUT2D eigenvalue weighted by atomic mass is 9.86. The monoisotopic (exact) mass is 381 g/mol. The lowest BCUT2D eigenvalue weighted by Crippen LogP contribution is -2.21. The lowest BCUT2D eigenvalue weighted by molar-refractivity contribution is -0.142. The number of thiazole rings is 1. The second-order valence-electron chi connectivity index (χ2n) is 6.66. The predicted octanol–water partition coefficient (Wildman–Crippen LogP) is 2.79. The summed E-state index contributed by atoms with van der Waals surface area (Å²) < 4.78 is 0.859. The highest BCUT2D eigenvalue weighted by atomic mass is 32.1. The second kappa shape index (κ2) is 5.92. The Morgan fingerprint density at radius 2 is 2.19 bits per heavy atom. The van der Waals surface area contributed by atoms with Gasteiger partial charge in [-0.05, 0) is 43.0 Å². The van der Waals surface area contributed by atoms with Gasteiger partial charge in [0, 0.05) is 11.4 Å². The Labute approximate surface area is 156 Å². The maximum Gasteiger partial charge on any atom is 0.306 e. The van der Waals surface area contributed by atoms with Gasteiger partial charge in [0.25, 0.3) is 0 Å². The quantitative estimate of drug-likeness (QED) is 0.433. The largest absolute Gasteiger partial charge is 0.481 e. The van der Waals surface area contributed by atoms with E-state index in [1.165, 1.54) is 6.33 Å². The van der Waals surface area contributed by atoms with Gasteiger partial charge in [-0.15, -0.1) is 0 Å². The van der Waals surface area contributed by atoms with Crippen molar-refractivity contribution in [3.63, 3.8) is 0 Å². The van der Waals surface area contributed by atoms with E-state index in [1.807, 2.05) is 18.2 Å². The number of aromatic amines is 2. The van der Waals surface area contributed by atoms with Crippen LogP contribution in [0.25, 0.3) is 21.3 Å². The molecule has 0 saturated heterocycles. The predicted molar refractivity (Wildman–Crippen MR) is 103 cm³/mol. The van der Waals surface area contributed by atoms with Crippen LogP contribution in [0.2, 0.25) is 0 Å². The van der Waals surface area contributed by atoms with E-state index in [9.17, 15) is 14.7 Å². The molecule has 1 aromatic carbocycles. The number of anilines is 2. The van der Waals surface area contributed by atoms with Gasteiger partial charge < -0.3 is 20.4 Å². The highest BCUT2D eigenvalue weighted by molar-refractivity contribution is 7.16. The molecule has 1 atom stereocenters. The van der Waals surface area contributed by atoms with E-state index in [-0.39, 0.29) is 4.87 Å². The third kappa shape index (κ3) is 2.67. The molecular formula is C18H15N5O3S. The number of H-pyrrole nitrogens is 2. The van der Waals surface area contributed by atoms with Crippen molar-refractivity contribution in [2.45, 2.75) is 19.3 Å². The highest BCUT2D eigenvalue weighted by Gasteiger charge is 2.28. The molecule has 0 fully saturated rings. The van der Waals surface area contributed by atoms with Gasteiger partial charge in [-0.2, -0.15) is 0 Å². The van der Waals surface area contributed by atoms with Gasteiger partial charge in [0.1, 0.15) is 17.8 Å². The highest BCUT2D eigenvalue weighted by Crippen LogP contribution is 2.35. The number of nitrogens with zero attached hydrogens (tertiary/aromatic N) is 2. The summed E-state index contributed by atoms with van der Waals surface area (Å²) in [5.41, 5.74) is 4.31. The van der Waals surface area contributed by atoms with Crippen LogP contribution in [0.5, 0.6) is 0 Å². The van der Waals surface area contributed by atoms with Gasteiger partial charge >= 0.3 is 10.8 Å². The second-order valence-corrected chi connectivity index (χ2v) is 7.67. The summed E-state index contributed by atoms with van der Waals surface area (Å²) in [7, 11) is 0. The number of carboxylic acids is 1. The summed E-state index contributed by atoms with van der Waals surface area (Å²) >= 11 is 1.15. The Morgan fingerprint density at radius 1 is 1.30 bits per heavy atom. The first-order chi connectivity index (χ1) is 13.1. The number of carbonyl (C=O) groups is 1. The molecule has 27 heavy (non-hydrogen) atoms. The Morgan fingerprint density at radius 3 is 3.04 bits per heavy atom. The molecule has 8 nitrogen and oxygen atoms in total. The minimum absolute atomic E-state index is 0.0917. The zero-order valence-electron chi connectivity index (χ0n) is 14.1. The number of fused-ring (bicyclic) bond motifs is 4. The number of aryl methyl sites for hydroxylation is 1. The molecule has 0 aliphatic heterocycles. The van der Waals surface area contributed by atoms with Crippen LogP contribution in [0.15, 0.2) is 29.3 Å². The Bertz CT molecular complexity index is 1260. The summed E-state index contributed by atoms with van der Waals surface area (Å²) in [5, 5.41) is 13.5. The molecular weight excluding hydrogens is 366 g/mol. The topological polar surface area (TPSA) is 124 Å². The summed E-state index contributed by atoms with van der Waals surface area (Å²) in [6, 6.07) is 5.62. The van der Waals surface area contributed by atoms with Gasteiger partial charge in [-0.1, -0.05) is 11.3 Å². The zero-order chi connectivity index (χ0) is 18.5. The summed E-state index contributed by atoms with van der Waals surface area (Å²) in [5.74, 6) is -0.530. The third-order valence-corrected chi connectivity index (χ3v) is 5.85. The van der Waals surface area contributed by atoms with Crippen LogP contribution in [0, 0.1) is 5.92 Å². The van der Waals surface area contributed by atoms with Crippen LogP contribution >= 0.6 is 11.3 Å². The maximum absolute atomic E-state index is 11.5. The molecule has 0 saturated carbocycles. The molecule has 0 amide bonds. The van der Waals surface area contributed by atoms with E-state index in [0.717, 1.165) is 43.9 Å². The van der Waals surface area contributed by atoms with Crippen molar-refractivity contribution in [2.75, 3.05) is 5.32 Å². The first-order valence-corrected chi connectivity index (χ1v) is 9.37. The standard InChI is InChI=1S/C18H15N5O3S/c24-17(25)8-1-3-11-10(5-8)14-15(19-7-20-16(14)22-11)21-9-2-4-12-13(6-9)27-18(26)23-12/h2,4,6-8H,1,3,5H2,(H,23,26)(H,24,25)(H2,19,20,21,22)/t8-/m1/s1. The van der Waals surface area contributed by atoms with Crippen LogP contribution < -0.4 is 10.2 Å². The smallest absolute Gasteiger partial charge is 0.306 e. The van der Waals surface area contributed by atoms with Gasteiger partial charge in [0.05, 0.1) is 21.5 Å². The third-order valence-electron chi connectivity index (χ3n) is 5.01. The molecule has 9 heteroatoms. The van der Waals surface area contributed by atoms with Crippen LogP contribution in [0.3, 0.4) is 0 Å². The average Bonchev–Trinajstić information content (AvgIpc) is 3.20. The summed E-state index contributed by atoms with van der Waals surface area (Å²) in [6.45, 7) is 0. The normalized spacial score (nSPS) is 16.5. The first-order valence-electron chi connectivity index (χ1n) is 8.55. The van der Waals surface area contributed by atoms with Crippen molar-refractivity contribution < 1.29 is 9.90 Å². The van der Waals surface area contributed by atoms with E-state index in [0.29, 0.717) is 30.7 Å². The van der Waals surface area contributed by atoms with E-state index in [2.05, 4.69) is 25.3 Å². The van der Waals surface area contributed by atoms with Crippen molar-refractivity contribution in [3.05, 3.63) is 45.5 Å². The molecule has 1 aliphatic rings. The van der Waals surface area contributed by atoms with Gasteiger partial charge in [0.15, 0.2) is 0 Å². The number of aliphatic carboxylic acids is 1. The Balaban J connectivity index is 1.59. The number of hydrogen-bond acceptors (Lipinski definition) is 6. The van der Waals surface area contributed by atoms with Crippen LogP contribution in [-0.4, -0.2) is 31.0 Å². The number of carboxylic acid groups (broad SMARTS) is 1. The fraction of sp³-hybridized carbons (Fsp3) is 0.222. The fourth-order valence-electron chi connectivity index (χ4n) is 3.71. The van der Waals surface area contributed by atoms with Crippen molar-refractivity contribution in [2.24, 2.45) is 5.92 Å². The molecule has 0 bridgehead atoms. The van der Waals surface area contributed by atoms with Crippen molar-refractivity contribution in [3.8, 4) is 0 Å². The minimum Gasteiger partial charge on any atom is -0.481 e. The number of aromatic nitrogens is 4. The van der Waals surface area contributed by atoms with Crippen molar-refractivity contribution in [1.82, 2.24) is 19.9 Å². The van der Waals surface area contributed by atoms with Crippen LogP contribution in [0.4, 0.5) is 11.5 Å². The van der Waals surface area contributed by atoms with Crippen LogP contribution in [0.1, 0.15) is 17.7 Å². The van der Waals surface area contributed by atoms with E-state index < -0.39 is 11.9 Å². The zero-order valence-corrected chi connectivity index (χ0v) is 14.9.